The number of anilines is 1. The second-order valence-corrected chi connectivity index (χ2v) is 10.8. The molecule has 3 aromatic carbocycles. The molecule has 0 bridgehead atoms. The summed E-state index contributed by atoms with van der Waals surface area (Å²) in [5.41, 5.74) is 4.39. The smallest absolute Gasteiger partial charge is 0.329 e. The number of aliphatic hydroxyl groups excluding tert-OH is 1. The molecular formula is C31H29ClFN5O4. The van der Waals surface area contributed by atoms with E-state index in [0.717, 1.165) is 22.3 Å². The van der Waals surface area contributed by atoms with Crippen LogP contribution in [0, 0.1) is 5.82 Å². The number of rotatable bonds is 8. The lowest BCUT2D eigenvalue weighted by atomic mass is 10.0. The molecule has 216 valence electrons. The van der Waals surface area contributed by atoms with Gasteiger partial charge in [-0.15, -0.1) is 0 Å². The van der Waals surface area contributed by atoms with E-state index in [1.807, 2.05) is 48.0 Å². The van der Waals surface area contributed by atoms with Crippen LogP contribution in [0.3, 0.4) is 0 Å². The molecule has 0 spiro atoms. The number of nitrogens with one attached hydrogen (secondary N) is 1. The van der Waals surface area contributed by atoms with Gasteiger partial charge in [0, 0.05) is 44.2 Å². The summed E-state index contributed by atoms with van der Waals surface area (Å²) in [5, 5.41) is 13.0. The molecule has 0 saturated carbocycles. The van der Waals surface area contributed by atoms with Crippen molar-refractivity contribution in [2.45, 2.75) is 32.2 Å². The zero-order chi connectivity index (χ0) is 29.4. The monoisotopic (exact) mass is 589 g/mol. The normalized spacial score (nSPS) is 17.0. The number of hydrogen-bond acceptors (Lipinski definition) is 6. The minimum absolute atomic E-state index is 0.0314. The molecule has 1 fully saturated rings. The fourth-order valence-corrected chi connectivity index (χ4v) is 5.76. The molecule has 1 aromatic heterocycles. The van der Waals surface area contributed by atoms with Crippen LogP contribution in [0.5, 0.6) is 5.75 Å². The van der Waals surface area contributed by atoms with Crippen molar-refractivity contribution in [3.8, 4) is 17.1 Å². The third-order valence-corrected chi connectivity index (χ3v) is 8.15. The number of imide groups is 1. The van der Waals surface area contributed by atoms with Crippen molar-refractivity contribution in [2.75, 3.05) is 18.1 Å². The number of aliphatic hydroxyl groups is 1. The maximum absolute atomic E-state index is 14.1. The lowest BCUT2D eigenvalue weighted by Crippen LogP contribution is -2.50. The molecule has 9 nitrogen and oxygen atoms in total. The SMILES string of the molecule is Cn1c(N2CCC(=O)NC2=O)cnc1-c1ccc2c(c1)C(CO)N(Cc1ccc(OCc3c(F)cccc3Cl)cc1)C2. The zero-order valence-electron chi connectivity index (χ0n) is 22.9. The number of nitrogens with zero attached hydrogens (tertiary/aromatic N) is 4. The average Bonchev–Trinajstić information content (AvgIpc) is 3.52. The third-order valence-electron chi connectivity index (χ3n) is 7.80. The Bertz CT molecular complexity index is 1640. The average molecular weight is 590 g/mol. The maximum Gasteiger partial charge on any atom is 0.329 e. The van der Waals surface area contributed by atoms with Crippen molar-refractivity contribution in [3.05, 3.63) is 100.0 Å². The lowest BCUT2D eigenvalue weighted by molar-refractivity contribution is -0.120. The molecule has 3 amide bonds. The van der Waals surface area contributed by atoms with Crippen LogP contribution >= 0.6 is 11.6 Å². The van der Waals surface area contributed by atoms with Crippen molar-refractivity contribution in [1.82, 2.24) is 19.8 Å². The fourth-order valence-electron chi connectivity index (χ4n) is 5.55. The summed E-state index contributed by atoms with van der Waals surface area (Å²) in [6, 6.07) is 17.6. The zero-order valence-corrected chi connectivity index (χ0v) is 23.6. The number of amides is 3. The highest BCUT2D eigenvalue weighted by Crippen LogP contribution is 2.37. The highest BCUT2D eigenvalue weighted by atomic mass is 35.5. The number of imidazole rings is 1. The first-order valence-corrected chi connectivity index (χ1v) is 14.0. The predicted octanol–water partition coefficient (Wildman–Crippen LogP) is 4.95. The largest absolute Gasteiger partial charge is 0.489 e. The van der Waals surface area contributed by atoms with E-state index in [1.54, 1.807) is 18.3 Å². The van der Waals surface area contributed by atoms with E-state index < -0.39 is 11.8 Å². The van der Waals surface area contributed by atoms with E-state index in [0.29, 0.717) is 47.6 Å². The van der Waals surface area contributed by atoms with Crippen molar-refractivity contribution in [1.29, 1.82) is 0 Å². The molecule has 42 heavy (non-hydrogen) atoms. The molecule has 6 rings (SSSR count). The van der Waals surface area contributed by atoms with Gasteiger partial charge in [-0.2, -0.15) is 0 Å². The van der Waals surface area contributed by atoms with Gasteiger partial charge in [0.2, 0.25) is 5.91 Å². The van der Waals surface area contributed by atoms with Crippen LogP contribution in [0.1, 0.15) is 34.7 Å². The Morgan fingerprint density at radius 2 is 1.95 bits per heavy atom. The Morgan fingerprint density at radius 1 is 1.14 bits per heavy atom. The van der Waals surface area contributed by atoms with Crippen molar-refractivity contribution in [3.63, 3.8) is 0 Å². The highest BCUT2D eigenvalue weighted by molar-refractivity contribution is 6.31. The van der Waals surface area contributed by atoms with Crippen LogP contribution in [0.15, 0.2) is 66.9 Å². The molecule has 2 N–H and O–H groups in total. The first-order valence-electron chi connectivity index (χ1n) is 13.6. The van der Waals surface area contributed by atoms with Gasteiger partial charge in [-0.3, -0.25) is 19.9 Å². The summed E-state index contributed by atoms with van der Waals surface area (Å²) in [6.07, 6.45) is 1.86. The van der Waals surface area contributed by atoms with Crippen LogP contribution in [0.4, 0.5) is 15.0 Å². The van der Waals surface area contributed by atoms with Gasteiger partial charge >= 0.3 is 6.03 Å². The molecule has 2 aliphatic rings. The second kappa shape index (κ2) is 11.6. The molecular weight excluding hydrogens is 561 g/mol. The van der Waals surface area contributed by atoms with Crippen LogP contribution in [-0.2, 0) is 31.5 Å². The van der Waals surface area contributed by atoms with E-state index in [4.69, 9.17) is 16.3 Å². The Labute approximate surface area is 247 Å². The summed E-state index contributed by atoms with van der Waals surface area (Å²) in [4.78, 5) is 32.2. The molecule has 1 unspecified atom stereocenters. The first kappa shape index (κ1) is 27.9. The highest BCUT2D eigenvalue weighted by Gasteiger charge is 2.31. The van der Waals surface area contributed by atoms with Crippen molar-refractivity contribution in [2.24, 2.45) is 7.05 Å². The molecule has 0 aliphatic carbocycles. The number of halogens is 2. The summed E-state index contributed by atoms with van der Waals surface area (Å²) in [6.45, 7) is 1.57. The molecule has 3 heterocycles. The lowest BCUT2D eigenvalue weighted by Gasteiger charge is -2.26. The number of carbonyl (C=O) groups is 2. The second-order valence-electron chi connectivity index (χ2n) is 10.4. The van der Waals surface area contributed by atoms with Gasteiger partial charge in [0.25, 0.3) is 0 Å². The van der Waals surface area contributed by atoms with Gasteiger partial charge in [-0.05, 0) is 47.0 Å². The summed E-state index contributed by atoms with van der Waals surface area (Å²) in [5.74, 6) is 1.20. The van der Waals surface area contributed by atoms with Crippen molar-refractivity contribution >= 4 is 29.4 Å². The van der Waals surface area contributed by atoms with Crippen LogP contribution in [0.2, 0.25) is 5.02 Å². The van der Waals surface area contributed by atoms with E-state index in [1.165, 1.54) is 11.0 Å². The summed E-state index contributed by atoms with van der Waals surface area (Å²) >= 11 is 6.10. The molecule has 1 saturated heterocycles. The van der Waals surface area contributed by atoms with Gasteiger partial charge in [0.05, 0.1) is 23.9 Å². The molecule has 1 atom stereocenters. The summed E-state index contributed by atoms with van der Waals surface area (Å²) < 4.78 is 21.6. The standard InChI is InChI=1S/C31H29ClFN5O4/c1-36-29(38-12-11-28(40)35-31(38)41)14-34-30(36)20-7-8-21-16-37(27(17-39)23(21)13-20)15-19-5-9-22(10-6-19)42-18-24-25(32)3-2-4-26(24)33/h2-10,13-14,27,39H,11-12,15-18H2,1H3,(H,35,40,41). The molecule has 2 aliphatic heterocycles. The fraction of sp³-hybridized carbons (Fsp3) is 0.258. The van der Waals surface area contributed by atoms with Gasteiger partial charge in [0.1, 0.15) is 29.8 Å². The van der Waals surface area contributed by atoms with Gasteiger partial charge in [0.15, 0.2) is 0 Å². The van der Waals surface area contributed by atoms with Gasteiger partial charge < -0.3 is 14.4 Å². The number of benzene rings is 3. The van der Waals surface area contributed by atoms with Gasteiger partial charge in [-0.25, -0.2) is 14.2 Å². The Morgan fingerprint density at radius 3 is 2.69 bits per heavy atom. The number of ether oxygens (including phenoxy) is 1. The molecule has 11 heteroatoms. The third kappa shape index (κ3) is 5.36. The maximum atomic E-state index is 14.1. The number of hydrogen-bond donors (Lipinski definition) is 2. The molecule has 4 aromatic rings. The number of aromatic nitrogens is 2. The topological polar surface area (TPSA) is 99.9 Å². The first-order chi connectivity index (χ1) is 20.3. The van der Waals surface area contributed by atoms with Crippen LogP contribution < -0.4 is 15.0 Å². The van der Waals surface area contributed by atoms with Crippen LogP contribution in [-0.4, -0.2) is 44.6 Å². The van der Waals surface area contributed by atoms with Crippen LogP contribution in [0.25, 0.3) is 11.4 Å². The molecule has 0 radical (unpaired) electrons. The Hall–Kier alpha value is -4.25. The van der Waals surface area contributed by atoms with Crippen molar-refractivity contribution < 1.29 is 23.8 Å². The minimum atomic E-state index is -0.458. The Balaban J connectivity index is 1.15. The van der Waals surface area contributed by atoms with E-state index in [2.05, 4.69) is 21.3 Å². The predicted molar refractivity (Wildman–Crippen MR) is 155 cm³/mol. The Kier molecular flexibility index (Phi) is 7.68. The minimum Gasteiger partial charge on any atom is -0.489 e. The van der Waals surface area contributed by atoms with E-state index >= 15 is 0 Å². The number of fused-ring (bicyclic) bond motifs is 1. The van der Waals surface area contributed by atoms with E-state index in [-0.39, 0.29) is 31.6 Å². The number of urea groups is 1. The van der Waals surface area contributed by atoms with E-state index in [9.17, 15) is 19.1 Å². The quantitative estimate of drug-likeness (QED) is 0.302. The van der Waals surface area contributed by atoms with Gasteiger partial charge in [-0.1, -0.05) is 41.9 Å². The summed E-state index contributed by atoms with van der Waals surface area (Å²) in [7, 11) is 1.84. The number of carbonyl (C=O) groups excluding carboxylic acids is 2.